The number of halogens is 1. The monoisotopic (exact) mass is 932 g/mol. The Balaban J connectivity index is 0.780. The van der Waals surface area contributed by atoms with Gasteiger partial charge in [0.1, 0.15) is 41.1 Å². The predicted octanol–water partition coefficient (Wildman–Crippen LogP) is 7.68. The Morgan fingerprint density at radius 1 is 0.955 bits per heavy atom. The summed E-state index contributed by atoms with van der Waals surface area (Å²) in [5.74, 6) is 1.75. The standard InChI is InChI=1S/C50H61ClN10O6/c1-8-39-45(64)59(6)40-29-55-48(57-42(40)61(39)32-11-9-10-12-32)56-37-17-14-30(25-41(37)65-7)43(62)53-21-24-66-34-19-22-60(23-20-34)33-15-18-38(54-28-33)44(63)58-46-49(2,3)47(50(46,4)5)67-35-16-13-31(27-52)36(51)26-35/h13-18,25-26,28-29,32,34,39,46-47H,8-12,19-24H2,1-7H3,(H,53,62)(H,58,63)(H,55,56,57). The Morgan fingerprint density at radius 3 is 2.36 bits per heavy atom. The number of benzene rings is 2. The number of piperidine rings is 1. The summed E-state index contributed by atoms with van der Waals surface area (Å²) in [5.41, 5.74) is 2.63. The zero-order valence-electron chi connectivity index (χ0n) is 39.4. The van der Waals surface area contributed by atoms with Gasteiger partial charge in [0.05, 0.1) is 54.2 Å². The van der Waals surface area contributed by atoms with Crippen molar-refractivity contribution in [2.75, 3.05) is 60.4 Å². The van der Waals surface area contributed by atoms with Crippen LogP contribution >= 0.6 is 11.6 Å². The highest BCUT2D eigenvalue weighted by atomic mass is 35.5. The molecule has 4 aromatic rings. The number of amides is 3. The van der Waals surface area contributed by atoms with Crippen LogP contribution in [0.5, 0.6) is 11.5 Å². The van der Waals surface area contributed by atoms with E-state index in [0.717, 1.165) is 63.1 Å². The van der Waals surface area contributed by atoms with Crippen molar-refractivity contribution in [3.63, 3.8) is 0 Å². The van der Waals surface area contributed by atoms with Crippen LogP contribution in [0.2, 0.25) is 5.02 Å². The molecule has 2 aromatic carbocycles. The first-order chi connectivity index (χ1) is 32.1. The number of likely N-dealkylation sites (N-methyl/N-ethyl adjacent to an activating group) is 1. The van der Waals surface area contributed by atoms with E-state index >= 15 is 0 Å². The van der Waals surface area contributed by atoms with Crippen LogP contribution in [-0.2, 0) is 9.53 Å². The average molecular weight is 934 g/mol. The number of hydrogen-bond acceptors (Lipinski definition) is 13. The number of nitrogens with one attached hydrogen (secondary N) is 3. The summed E-state index contributed by atoms with van der Waals surface area (Å²) in [5, 5.41) is 19.0. The number of pyridine rings is 1. The number of rotatable bonds is 15. The molecule has 3 fully saturated rings. The van der Waals surface area contributed by atoms with Crippen molar-refractivity contribution in [3.05, 3.63) is 82.8 Å². The van der Waals surface area contributed by atoms with Crippen LogP contribution in [0.4, 0.5) is 28.8 Å². The SMILES string of the molecule is CCC1C(=O)N(C)c2cnc(Nc3ccc(C(=O)NCCOC4CCN(c5ccc(C(=O)NC6C(C)(C)C(Oc7ccc(C#N)c(Cl)c7)C6(C)C)nc5)CC4)cc3OC)nc2N1C1CCCC1. The van der Waals surface area contributed by atoms with Gasteiger partial charge in [0.25, 0.3) is 11.8 Å². The number of fused-ring (bicyclic) bond motifs is 1. The predicted molar refractivity (Wildman–Crippen MR) is 258 cm³/mol. The molecule has 1 saturated heterocycles. The van der Waals surface area contributed by atoms with E-state index in [-0.39, 0.29) is 48.1 Å². The molecular weight excluding hydrogens is 872 g/mol. The van der Waals surface area contributed by atoms with E-state index in [1.54, 1.807) is 73.9 Å². The number of anilines is 5. The summed E-state index contributed by atoms with van der Waals surface area (Å²) < 4.78 is 18.2. The number of nitriles is 1. The summed E-state index contributed by atoms with van der Waals surface area (Å²) >= 11 is 6.25. The molecule has 2 saturated carbocycles. The Bertz CT molecular complexity index is 2500. The van der Waals surface area contributed by atoms with E-state index in [2.05, 4.69) is 69.5 Å². The molecule has 3 N–H and O–H groups in total. The zero-order valence-corrected chi connectivity index (χ0v) is 40.2. The van der Waals surface area contributed by atoms with E-state index in [1.165, 1.54) is 0 Å². The molecule has 2 aliphatic carbocycles. The third kappa shape index (κ3) is 9.54. The molecule has 16 nitrogen and oxygen atoms in total. The summed E-state index contributed by atoms with van der Waals surface area (Å²) in [6.07, 6.45) is 9.93. The van der Waals surface area contributed by atoms with Crippen LogP contribution in [0.15, 0.2) is 60.9 Å². The Morgan fingerprint density at radius 2 is 1.70 bits per heavy atom. The van der Waals surface area contributed by atoms with Gasteiger partial charge in [0.15, 0.2) is 5.82 Å². The quantitative estimate of drug-likeness (QED) is 0.0987. The average Bonchev–Trinajstić information content (AvgIpc) is 3.87. The van der Waals surface area contributed by atoms with Gasteiger partial charge >= 0.3 is 0 Å². The molecule has 67 heavy (non-hydrogen) atoms. The summed E-state index contributed by atoms with van der Waals surface area (Å²) in [4.78, 5) is 60.1. The Kier molecular flexibility index (Phi) is 13.8. The fourth-order valence-corrected chi connectivity index (χ4v) is 11.0. The largest absolute Gasteiger partial charge is 0.495 e. The highest BCUT2D eigenvalue weighted by molar-refractivity contribution is 6.31. The molecule has 8 rings (SSSR count). The van der Waals surface area contributed by atoms with E-state index in [9.17, 15) is 19.6 Å². The molecule has 4 heterocycles. The van der Waals surface area contributed by atoms with Crippen molar-refractivity contribution >= 4 is 58.2 Å². The highest BCUT2D eigenvalue weighted by Gasteiger charge is 2.64. The minimum atomic E-state index is -0.392. The molecule has 17 heteroatoms. The van der Waals surface area contributed by atoms with Gasteiger partial charge in [-0.2, -0.15) is 10.2 Å². The number of aromatic nitrogens is 3. The van der Waals surface area contributed by atoms with Gasteiger partial charge in [-0.25, -0.2) is 9.97 Å². The molecule has 2 aliphatic heterocycles. The third-order valence-corrected chi connectivity index (χ3v) is 14.4. The van der Waals surface area contributed by atoms with Gasteiger partial charge in [-0.1, -0.05) is 59.1 Å². The number of carbonyl (C=O) groups excluding carboxylic acids is 3. The maximum Gasteiger partial charge on any atom is 0.270 e. The first-order valence-corrected chi connectivity index (χ1v) is 23.7. The number of methoxy groups -OCH3 is 1. The Hall–Kier alpha value is -6.18. The summed E-state index contributed by atoms with van der Waals surface area (Å²) in [6.45, 7) is 12.6. The van der Waals surface area contributed by atoms with E-state index < -0.39 is 10.8 Å². The molecule has 1 atom stereocenters. The fraction of sp³-hybridized carbons (Fsp3) is 0.500. The van der Waals surface area contributed by atoms with E-state index in [1.807, 2.05) is 13.0 Å². The number of carbonyl (C=O) groups is 3. The molecule has 4 aliphatic rings. The van der Waals surface area contributed by atoms with Crippen LogP contribution in [0.1, 0.15) is 106 Å². The van der Waals surface area contributed by atoms with Crippen LogP contribution in [0.3, 0.4) is 0 Å². The maximum absolute atomic E-state index is 13.5. The van der Waals surface area contributed by atoms with Gasteiger partial charge in [-0.3, -0.25) is 14.4 Å². The molecular formula is C50H61ClN10O6. The van der Waals surface area contributed by atoms with Crippen molar-refractivity contribution < 1.29 is 28.6 Å². The lowest BCUT2D eigenvalue weighted by atomic mass is 9.49. The highest BCUT2D eigenvalue weighted by Crippen LogP contribution is 2.55. The molecule has 1 unspecified atom stereocenters. The fourth-order valence-electron chi connectivity index (χ4n) is 10.8. The first-order valence-electron chi connectivity index (χ1n) is 23.3. The van der Waals surface area contributed by atoms with Crippen molar-refractivity contribution in [1.29, 1.82) is 5.26 Å². The van der Waals surface area contributed by atoms with Gasteiger partial charge < -0.3 is 44.9 Å². The third-order valence-electron chi connectivity index (χ3n) is 14.1. The topological polar surface area (TPSA) is 187 Å². The maximum atomic E-state index is 13.5. The smallest absolute Gasteiger partial charge is 0.270 e. The van der Waals surface area contributed by atoms with Gasteiger partial charge in [0, 0.05) is 61.2 Å². The lowest BCUT2D eigenvalue weighted by Crippen LogP contribution is -2.74. The summed E-state index contributed by atoms with van der Waals surface area (Å²) in [6, 6.07) is 15.8. The second kappa shape index (κ2) is 19.6. The van der Waals surface area contributed by atoms with Gasteiger partial charge in [-0.15, -0.1) is 0 Å². The minimum Gasteiger partial charge on any atom is -0.495 e. The van der Waals surface area contributed by atoms with Gasteiger partial charge in [0.2, 0.25) is 11.9 Å². The first kappa shape index (κ1) is 47.3. The van der Waals surface area contributed by atoms with Crippen molar-refractivity contribution in [3.8, 4) is 17.6 Å². The van der Waals surface area contributed by atoms with E-state index in [4.69, 9.17) is 30.8 Å². The van der Waals surface area contributed by atoms with Gasteiger partial charge in [-0.05, 0) is 74.6 Å². The molecule has 0 bridgehead atoms. The number of ether oxygens (including phenoxy) is 3. The second-order valence-electron chi connectivity index (χ2n) is 19.1. The molecule has 0 radical (unpaired) electrons. The number of nitrogens with zero attached hydrogens (tertiary/aromatic N) is 7. The second-order valence-corrected chi connectivity index (χ2v) is 19.5. The van der Waals surface area contributed by atoms with E-state index in [0.29, 0.717) is 70.2 Å². The molecule has 354 valence electrons. The van der Waals surface area contributed by atoms with Crippen LogP contribution < -0.4 is 40.1 Å². The van der Waals surface area contributed by atoms with Crippen molar-refractivity contribution in [2.45, 2.75) is 110 Å². The lowest BCUT2D eigenvalue weighted by molar-refractivity contribution is -0.164. The number of hydrogen-bond donors (Lipinski definition) is 3. The molecule has 3 amide bonds. The normalized spacial score (nSPS) is 21.2. The van der Waals surface area contributed by atoms with Crippen LogP contribution in [-0.4, -0.2) is 103 Å². The van der Waals surface area contributed by atoms with Crippen molar-refractivity contribution in [1.82, 2.24) is 25.6 Å². The molecule has 0 spiro atoms. The van der Waals surface area contributed by atoms with Crippen LogP contribution in [0, 0.1) is 22.2 Å². The summed E-state index contributed by atoms with van der Waals surface area (Å²) in [7, 11) is 3.33. The van der Waals surface area contributed by atoms with Crippen LogP contribution in [0.25, 0.3) is 0 Å². The lowest BCUT2D eigenvalue weighted by Gasteiger charge is -2.63. The minimum absolute atomic E-state index is 0.0531. The van der Waals surface area contributed by atoms with Crippen molar-refractivity contribution in [2.24, 2.45) is 10.8 Å². The zero-order chi connectivity index (χ0) is 47.6. The molecule has 2 aromatic heterocycles. The Labute approximate surface area is 397 Å².